The largest absolute Gasteiger partial charge is 0.496 e. The van der Waals surface area contributed by atoms with Crippen molar-refractivity contribution in [3.8, 4) is 16.3 Å². The predicted molar refractivity (Wildman–Crippen MR) is 122 cm³/mol. The summed E-state index contributed by atoms with van der Waals surface area (Å²) < 4.78 is 6.82. The molecule has 27 heavy (non-hydrogen) atoms. The van der Waals surface area contributed by atoms with E-state index in [1.165, 1.54) is 63.5 Å². The van der Waals surface area contributed by atoms with Gasteiger partial charge in [-0.1, -0.05) is 24.6 Å². The first-order valence-corrected chi connectivity index (χ1v) is 11.5. The zero-order valence-electron chi connectivity index (χ0n) is 15.8. The number of thiazole rings is 1. The van der Waals surface area contributed by atoms with Crippen molar-refractivity contribution in [3.05, 3.63) is 67.2 Å². The summed E-state index contributed by atoms with van der Waals surface area (Å²) in [6.07, 6.45) is 7.23. The van der Waals surface area contributed by atoms with Gasteiger partial charge in [0.25, 0.3) is 0 Å². The molecule has 0 spiro atoms. The number of rotatable bonds is 4. The highest BCUT2D eigenvalue weighted by Gasteiger charge is 2.13. The predicted octanol–water partition coefficient (Wildman–Crippen LogP) is 6.59. The maximum atomic E-state index is 5.59. The Morgan fingerprint density at radius 2 is 1.89 bits per heavy atom. The monoisotopic (exact) mass is 489 g/mol. The second-order valence-electron chi connectivity index (χ2n) is 7.28. The zero-order valence-corrected chi connectivity index (χ0v) is 18.8. The fraction of sp³-hybridized carbons (Fsp3) is 0.348. The van der Waals surface area contributed by atoms with Crippen molar-refractivity contribution in [1.29, 1.82) is 0 Å². The lowest BCUT2D eigenvalue weighted by atomic mass is 10.0. The van der Waals surface area contributed by atoms with Gasteiger partial charge >= 0.3 is 0 Å². The Morgan fingerprint density at radius 3 is 2.70 bits per heavy atom. The van der Waals surface area contributed by atoms with Gasteiger partial charge in [-0.3, -0.25) is 0 Å². The molecule has 3 aromatic rings. The van der Waals surface area contributed by atoms with Crippen LogP contribution in [0.2, 0.25) is 0 Å². The number of benzene rings is 2. The van der Waals surface area contributed by atoms with E-state index < -0.39 is 0 Å². The summed E-state index contributed by atoms with van der Waals surface area (Å²) in [5, 5.41) is 3.31. The number of hydrogen-bond donors (Lipinski definition) is 0. The average Bonchev–Trinajstić information content (AvgIpc) is 3.00. The van der Waals surface area contributed by atoms with Crippen LogP contribution in [0.15, 0.2) is 35.7 Å². The number of hydrogen-bond acceptors (Lipinski definition) is 3. The first kappa shape index (κ1) is 18.9. The van der Waals surface area contributed by atoms with Gasteiger partial charge in [-0.05, 0) is 84.0 Å². The quantitative estimate of drug-likeness (QED) is 0.305. The number of fused-ring (bicyclic) bond motifs is 1. The van der Waals surface area contributed by atoms with Crippen LogP contribution in [-0.4, -0.2) is 12.1 Å². The number of ether oxygens (including phenoxy) is 1. The molecule has 0 atom stereocenters. The molecular weight excluding hydrogens is 465 g/mol. The van der Waals surface area contributed by atoms with Crippen LogP contribution in [0.25, 0.3) is 10.6 Å². The molecule has 0 fully saturated rings. The maximum absolute atomic E-state index is 5.59. The fourth-order valence-corrected chi connectivity index (χ4v) is 5.07. The van der Waals surface area contributed by atoms with Crippen molar-refractivity contribution in [2.45, 2.75) is 45.4 Å². The molecule has 0 saturated carbocycles. The molecule has 0 bridgehead atoms. The lowest BCUT2D eigenvalue weighted by Gasteiger charge is -2.10. The third kappa shape index (κ3) is 4.21. The van der Waals surface area contributed by atoms with Crippen molar-refractivity contribution >= 4 is 33.9 Å². The topological polar surface area (TPSA) is 22.1 Å². The van der Waals surface area contributed by atoms with E-state index in [1.807, 2.05) is 0 Å². The molecule has 4 rings (SSSR count). The minimum Gasteiger partial charge on any atom is -0.496 e. The molecule has 0 unspecified atom stereocenters. The van der Waals surface area contributed by atoms with E-state index in [4.69, 9.17) is 9.72 Å². The summed E-state index contributed by atoms with van der Waals surface area (Å²) in [5.74, 6) is 0.949. The van der Waals surface area contributed by atoms with Gasteiger partial charge in [-0.25, -0.2) is 4.98 Å². The molecule has 1 aliphatic rings. The van der Waals surface area contributed by atoms with Gasteiger partial charge in [0.2, 0.25) is 0 Å². The normalized spacial score (nSPS) is 13.9. The lowest BCUT2D eigenvalue weighted by Crippen LogP contribution is -1.97. The SMILES string of the molecule is COc1cc(I)c(C)cc1Cc1csc(-c2ccc3c(c2)CCCCC3)n1. The van der Waals surface area contributed by atoms with E-state index in [0.717, 1.165) is 22.9 Å². The van der Waals surface area contributed by atoms with Crippen LogP contribution in [0.5, 0.6) is 5.75 Å². The Kier molecular flexibility index (Phi) is 5.83. The van der Waals surface area contributed by atoms with Crippen molar-refractivity contribution in [3.63, 3.8) is 0 Å². The Hall–Kier alpha value is -1.40. The van der Waals surface area contributed by atoms with E-state index in [2.05, 4.69) is 65.2 Å². The number of aryl methyl sites for hydroxylation is 3. The minimum atomic E-state index is 0.808. The van der Waals surface area contributed by atoms with E-state index in [0.29, 0.717) is 0 Å². The van der Waals surface area contributed by atoms with Crippen LogP contribution in [-0.2, 0) is 19.3 Å². The van der Waals surface area contributed by atoms with Gasteiger partial charge in [-0.15, -0.1) is 11.3 Å². The van der Waals surface area contributed by atoms with Gasteiger partial charge < -0.3 is 4.74 Å². The van der Waals surface area contributed by atoms with Crippen LogP contribution < -0.4 is 4.74 Å². The van der Waals surface area contributed by atoms with Crippen molar-refractivity contribution in [1.82, 2.24) is 4.98 Å². The highest BCUT2D eigenvalue weighted by atomic mass is 127. The molecule has 2 nitrogen and oxygen atoms in total. The number of nitrogens with zero attached hydrogens (tertiary/aromatic N) is 1. The van der Waals surface area contributed by atoms with Crippen LogP contribution in [0.4, 0.5) is 0 Å². The maximum Gasteiger partial charge on any atom is 0.123 e. The van der Waals surface area contributed by atoms with Gasteiger partial charge in [0, 0.05) is 26.5 Å². The van der Waals surface area contributed by atoms with E-state index >= 15 is 0 Å². The Morgan fingerprint density at radius 1 is 1.07 bits per heavy atom. The van der Waals surface area contributed by atoms with Crippen molar-refractivity contribution < 1.29 is 4.74 Å². The smallest absolute Gasteiger partial charge is 0.123 e. The molecule has 0 saturated heterocycles. The minimum absolute atomic E-state index is 0.808. The lowest BCUT2D eigenvalue weighted by molar-refractivity contribution is 0.410. The first-order chi connectivity index (χ1) is 13.1. The molecule has 0 aliphatic heterocycles. The Labute approximate surface area is 179 Å². The molecule has 0 N–H and O–H groups in total. The summed E-state index contributed by atoms with van der Waals surface area (Å²) in [4.78, 5) is 4.94. The van der Waals surface area contributed by atoms with Gasteiger partial charge in [0.05, 0.1) is 12.8 Å². The van der Waals surface area contributed by atoms with Gasteiger partial charge in [0.15, 0.2) is 0 Å². The molecule has 1 heterocycles. The Balaban J connectivity index is 1.59. The van der Waals surface area contributed by atoms with E-state index in [-0.39, 0.29) is 0 Å². The highest BCUT2D eigenvalue weighted by Crippen LogP contribution is 2.31. The van der Waals surface area contributed by atoms with Crippen LogP contribution >= 0.6 is 33.9 Å². The van der Waals surface area contributed by atoms with Crippen molar-refractivity contribution in [2.24, 2.45) is 0 Å². The highest BCUT2D eigenvalue weighted by molar-refractivity contribution is 14.1. The summed E-state index contributed by atoms with van der Waals surface area (Å²) in [6, 6.07) is 11.3. The molecule has 140 valence electrons. The molecular formula is C23H24INOS. The average molecular weight is 489 g/mol. The molecule has 0 amide bonds. The summed E-state index contributed by atoms with van der Waals surface area (Å²) in [6.45, 7) is 2.15. The number of halogens is 1. The second kappa shape index (κ2) is 8.31. The molecule has 4 heteroatoms. The number of methoxy groups -OCH3 is 1. The third-order valence-corrected chi connectivity index (χ3v) is 7.43. The van der Waals surface area contributed by atoms with E-state index in [1.54, 1.807) is 18.4 Å². The third-order valence-electron chi connectivity index (χ3n) is 5.33. The second-order valence-corrected chi connectivity index (χ2v) is 9.30. The summed E-state index contributed by atoms with van der Waals surface area (Å²) >= 11 is 4.10. The molecule has 2 aromatic carbocycles. The zero-order chi connectivity index (χ0) is 18.8. The molecule has 1 aromatic heterocycles. The number of aromatic nitrogens is 1. The molecule has 1 aliphatic carbocycles. The molecule has 0 radical (unpaired) electrons. The summed E-state index contributed by atoms with van der Waals surface area (Å²) in [5.41, 5.74) is 7.92. The summed E-state index contributed by atoms with van der Waals surface area (Å²) in [7, 11) is 1.74. The first-order valence-electron chi connectivity index (χ1n) is 9.53. The Bertz CT molecular complexity index is 963. The standard InChI is InChI=1S/C23H24INOS/c1-15-10-19(22(26-2)13-21(15)24)12-20-14-27-23(25-20)18-9-8-16-6-4-3-5-7-17(16)11-18/h8-11,13-14H,3-7,12H2,1-2H3. The van der Waals surface area contributed by atoms with Crippen LogP contribution in [0.3, 0.4) is 0 Å². The van der Waals surface area contributed by atoms with Gasteiger partial charge in [-0.2, -0.15) is 0 Å². The van der Waals surface area contributed by atoms with Crippen molar-refractivity contribution in [2.75, 3.05) is 7.11 Å². The van der Waals surface area contributed by atoms with Gasteiger partial charge in [0.1, 0.15) is 10.8 Å². The van der Waals surface area contributed by atoms with Crippen LogP contribution in [0, 0.1) is 10.5 Å². The fourth-order valence-electron chi connectivity index (χ4n) is 3.81. The van der Waals surface area contributed by atoms with Crippen LogP contribution in [0.1, 0.15) is 47.2 Å². The van der Waals surface area contributed by atoms with E-state index in [9.17, 15) is 0 Å².